The highest BCUT2D eigenvalue weighted by Crippen LogP contribution is 2.39. The molecule has 1 fully saturated rings. The molecule has 0 radical (unpaired) electrons. The third kappa shape index (κ3) is 4.74. The lowest BCUT2D eigenvalue weighted by Crippen LogP contribution is -2.28. The topological polar surface area (TPSA) is 60.4 Å². The number of hydrogen-bond acceptors (Lipinski definition) is 6. The molecule has 0 unspecified atom stereocenters. The summed E-state index contributed by atoms with van der Waals surface area (Å²) in [5.41, 5.74) is 1.50. The van der Waals surface area contributed by atoms with Crippen molar-refractivity contribution in [2.45, 2.75) is 13.8 Å². The molecule has 0 saturated carbocycles. The molecule has 0 N–H and O–H groups in total. The highest BCUT2D eigenvalue weighted by Gasteiger charge is 2.32. The van der Waals surface area contributed by atoms with E-state index in [1.807, 2.05) is 44.2 Å². The summed E-state index contributed by atoms with van der Waals surface area (Å²) in [4.78, 5) is 19.8. The zero-order valence-electron chi connectivity index (χ0n) is 17.3. The van der Waals surface area contributed by atoms with E-state index in [2.05, 4.69) is 4.99 Å². The van der Waals surface area contributed by atoms with Crippen LogP contribution >= 0.6 is 23.4 Å². The number of thioether (sulfide) groups is 1. The molecule has 1 aliphatic heterocycles. The van der Waals surface area contributed by atoms with Crippen LogP contribution in [0.1, 0.15) is 19.4 Å². The Kier molecular flexibility index (Phi) is 7.29. The van der Waals surface area contributed by atoms with Crippen molar-refractivity contribution in [3.05, 3.63) is 51.9 Å². The molecule has 0 atom stereocenters. The highest BCUT2D eigenvalue weighted by atomic mass is 35.5. The first kappa shape index (κ1) is 22.1. The van der Waals surface area contributed by atoms with E-state index in [0.717, 1.165) is 17.0 Å². The van der Waals surface area contributed by atoms with E-state index in [1.54, 1.807) is 31.3 Å². The largest absolute Gasteiger partial charge is 0.497 e. The summed E-state index contributed by atoms with van der Waals surface area (Å²) in [6.45, 7) is 4.80. The lowest BCUT2D eigenvalue weighted by Gasteiger charge is -2.12. The van der Waals surface area contributed by atoms with Crippen LogP contribution in [0, 0.1) is 0 Å². The van der Waals surface area contributed by atoms with Gasteiger partial charge in [0.05, 0.1) is 36.4 Å². The average molecular weight is 447 g/mol. The van der Waals surface area contributed by atoms with Crippen molar-refractivity contribution in [3.63, 3.8) is 0 Å². The molecule has 8 heteroatoms. The first-order valence-electron chi connectivity index (χ1n) is 9.45. The maximum atomic E-state index is 12.9. The van der Waals surface area contributed by atoms with E-state index < -0.39 is 0 Å². The summed E-state index contributed by atoms with van der Waals surface area (Å²) in [7, 11) is 3.16. The minimum Gasteiger partial charge on any atom is -0.497 e. The van der Waals surface area contributed by atoms with Gasteiger partial charge in [0.15, 0.2) is 16.7 Å². The summed E-state index contributed by atoms with van der Waals surface area (Å²) in [5, 5.41) is 1.05. The molecule has 0 bridgehead atoms. The van der Waals surface area contributed by atoms with Crippen LogP contribution in [0.2, 0.25) is 5.02 Å². The molecule has 2 aromatic carbocycles. The average Bonchev–Trinajstić information content (AvgIpc) is 3.02. The van der Waals surface area contributed by atoms with E-state index in [0.29, 0.717) is 39.7 Å². The Morgan fingerprint density at radius 1 is 1.13 bits per heavy atom. The van der Waals surface area contributed by atoms with Gasteiger partial charge in [0.1, 0.15) is 5.75 Å². The number of amidine groups is 1. The molecule has 3 rings (SSSR count). The molecule has 1 heterocycles. The molecule has 1 aliphatic rings. The first-order valence-corrected chi connectivity index (χ1v) is 10.6. The second-order valence-corrected chi connectivity index (χ2v) is 7.64. The van der Waals surface area contributed by atoms with Crippen LogP contribution in [0.5, 0.6) is 17.2 Å². The zero-order chi connectivity index (χ0) is 21.7. The third-order valence-electron chi connectivity index (χ3n) is 4.34. The van der Waals surface area contributed by atoms with Gasteiger partial charge in [-0.25, -0.2) is 4.99 Å². The summed E-state index contributed by atoms with van der Waals surface area (Å²) < 4.78 is 16.1. The molecule has 6 nitrogen and oxygen atoms in total. The Balaban J connectivity index is 1.94. The van der Waals surface area contributed by atoms with Gasteiger partial charge in [-0.05, 0) is 73.6 Å². The van der Waals surface area contributed by atoms with E-state index >= 15 is 0 Å². The van der Waals surface area contributed by atoms with Gasteiger partial charge in [-0.3, -0.25) is 9.69 Å². The Labute approximate surface area is 185 Å². The number of methoxy groups -OCH3 is 2. The van der Waals surface area contributed by atoms with Crippen molar-refractivity contribution in [3.8, 4) is 17.2 Å². The van der Waals surface area contributed by atoms with Gasteiger partial charge in [0, 0.05) is 6.54 Å². The molecular weight excluding hydrogens is 424 g/mol. The highest BCUT2D eigenvalue weighted by molar-refractivity contribution is 8.18. The van der Waals surface area contributed by atoms with Crippen molar-refractivity contribution >= 4 is 46.2 Å². The van der Waals surface area contributed by atoms with Crippen LogP contribution in [0.25, 0.3) is 6.08 Å². The van der Waals surface area contributed by atoms with Crippen molar-refractivity contribution in [2.75, 3.05) is 27.4 Å². The minimum atomic E-state index is -0.0975. The summed E-state index contributed by atoms with van der Waals surface area (Å²) in [5.74, 6) is 1.67. The van der Waals surface area contributed by atoms with Gasteiger partial charge in [0.25, 0.3) is 5.91 Å². The Morgan fingerprint density at radius 2 is 1.87 bits per heavy atom. The second-order valence-electron chi connectivity index (χ2n) is 6.22. The van der Waals surface area contributed by atoms with Gasteiger partial charge < -0.3 is 14.2 Å². The molecule has 1 amide bonds. The maximum Gasteiger partial charge on any atom is 0.266 e. The molecule has 158 valence electrons. The number of amides is 1. The minimum absolute atomic E-state index is 0.0975. The van der Waals surface area contributed by atoms with Gasteiger partial charge in [-0.1, -0.05) is 11.6 Å². The number of aliphatic imine (C=N–C) groups is 1. The molecule has 30 heavy (non-hydrogen) atoms. The lowest BCUT2D eigenvalue weighted by molar-refractivity contribution is -0.122. The van der Waals surface area contributed by atoms with Crippen molar-refractivity contribution < 1.29 is 19.0 Å². The van der Waals surface area contributed by atoms with Crippen molar-refractivity contribution in [1.82, 2.24) is 4.90 Å². The van der Waals surface area contributed by atoms with Crippen LogP contribution in [-0.4, -0.2) is 43.3 Å². The van der Waals surface area contributed by atoms with E-state index in [4.69, 9.17) is 25.8 Å². The van der Waals surface area contributed by atoms with Crippen LogP contribution in [0.15, 0.2) is 46.3 Å². The Hall–Kier alpha value is -2.64. The van der Waals surface area contributed by atoms with E-state index in [9.17, 15) is 4.79 Å². The fourth-order valence-electron chi connectivity index (χ4n) is 2.92. The smallest absolute Gasteiger partial charge is 0.266 e. The monoisotopic (exact) mass is 446 g/mol. The standard InChI is InChI=1S/C22H23ClN2O4S/c1-5-25-21(26)19(30-22(25)24-15-7-9-16(27-3)10-8-15)13-14-11-17(23)20(28-4)18(12-14)29-6-2/h7-13H,5-6H2,1-4H3/b19-13+,24-22?. The third-order valence-corrected chi connectivity index (χ3v) is 5.62. The molecule has 1 saturated heterocycles. The van der Waals surface area contributed by atoms with Crippen molar-refractivity contribution in [1.29, 1.82) is 0 Å². The predicted octanol–water partition coefficient (Wildman–Crippen LogP) is 5.38. The molecule has 0 aromatic heterocycles. The quantitative estimate of drug-likeness (QED) is 0.534. The van der Waals surface area contributed by atoms with Crippen molar-refractivity contribution in [2.24, 2.45) is 4.99 Å². The number of ether oxygens (including phenoxy) is 3. The van der Waals surface area contributed by atoms with Crippen LogP contribution < -0.4 is 14.2 Å². The molecule has 0 aliphatic carbocycles. The number of rotatable bonds is 7. The van der Waals surface area contributed by atoms with E-state index in [-0.39, 0.29) is 5.91 Å². The zero-order valence-corrected chi connectivity index (χ0v) is 18.8. The molecule has 2 aromatic rings. The summed E-state index contributed by atoms with van der Waals surface area (Å²) in [6.07, 6.45) is 1.79. The van der Waals surface area contributed by atoms with Crippen LogP contribution in [0.4, 0.5) is 5.69 Å². The number of carbonyl (C=O) groups excluding carboxylic acids is 1. The molecule has 0 spiro atoms. The van der Waals surface area contributed by atoms with Crippen LogP contribution in [-0.2, 0) is 4.79 Å². The first-order chi connectivity index (χ1) is 14.5. The van der Waals surface area contributed by atoms with E-state index in [1.165, 1.54) is 11.8 Å². The Bertz CT molecular complexity index is 989. The van der Waals surface area contributed by atoms with Gasteiger partial charge in [-0.2, -0.15) is 0 Å². The number of nitrogens with zero attached hydrogens (tertiary/aromatic N) is 2. The lowest BCUT2D eigenvalue weighted by atomic mass is 10.1. The summed E-state index contributed by atoms with van der Waals surface area (Å²) in [6, 6.07) is 10.9. The predicted molar refractivity (Wildman–Crippen MR) is 122 cm³/mol. The van der Waals surface area contributed by atoms with Crippen LogP contribution in [0.3, 0.4) is 0 Å². The normalized spacial score (nSPS) is 16.4. The fraction of sp³-hybridized carbons (Fsp3) is 0.273. The number of halogens is 1. The summed E-state index contributed by atoms with van der Waals surface area (Å²) >= 11 is 7.67. The SMILES string of the molecule is CCOc1cc(/C=C2/SC(=Nc3ccc(OC)cc3)N(CC)C2=O)cc(Cl)c1OC. The number of benzene rings is 2. The number of likely N-dealkylation sites (N-methyl/N-ethyl adjacent to an activating group) is 1. The fourth-order valence-corrected chi connectivity index (χ4v) is 4.28. The maximum absolute atomic E-state index is 12.9. The molecular formula is C22H23ClN2O4S. The Morgan fingerprint density at radius 3 is 2.47 bits per heavy atom. The van der Waals surface area contributed by atoms with Gasteiger partial charge >= 0.3 is 0 Å². The number of carbonyl (C=O) groups is 1. The van der Waals surface area contributed by atoms with Gasteiger partial charge in [0.2, 0.25) is 0 Å². The second kappa shape index (κ2) is 9.91. The van der Waals surface area contributed by atoms with Gasteiger partial charge in [-0.15, -0.1) is 0 Å². The number of hydrogen-bond donors (Lipinski definition) is 0.